The van der Waals surface area contributed by atoms with Crippen molar-refractivity contribution in [2.24, 2.45) is 0 Å². The molecule has 0 saturated carbocycles. The van der Waals surface area contributed by atoms with Gasteiger partial charge < -0.3 is 10.4 Å². The highest BCUT2D eigenvalue weighted by molar-refractivity contribution is 5.54. The van der Waals surface area contributed by atoms with Crippen LogP contribution in [0.3, 0.4) is 0 Å². The van der Waals surface area contributed by atoms with Gasteiger partial charge in [-0.15, -0.1) is 0 Å². The summed E-state index contributed by atoms with van der Waals surface area (Å²) in [5.74, 6) is 0.616. The fraction of sp³-hybridized carbons (Fsp3) is 0.571. The lowest BCUT2D eigenvalue weighted by Gasteiger charge is -2.18. The summed E-state index contributed by atoms with van der Waals surface area (Å²) in [6.07, 6.45) is 4.67. The lowest BCUT2D eigenvalue weighted by atomic mass is 9.95. The highest BCUT2D eigenvalue weighted by atomic mass is 16.3. The monoisotopic (exact) mass is 245 g/mol. The van der Waals surface area contributed by atoms with Crippen LogP contribution in [0.2, 0.25) is 0 Å². The van der Waals surface area contributed by atoms with E-state index in [2.05, 4.69) is 16.4 Å². The Bertz CT molecular complexity index is 465. The SMILES string of the molecule is CCC(O)CNc1nc2c(cc1C#N)CCCC2. The molecule has 1 aliphatic carbocycles. The van der Waals surface area contributed by atoms with Gasteiger partial charge >= 0.3 is 0 Å². The minimum absolute atomic E-state index is 0.394. The first kappa shape index (κ1) is 12.8. The second-order valence-electron chi connectivity index (χ2n) is 4.75. The molecule has 0 aromatic carbocycles. The molecule has 0 radical (unpaired) electrons. The van der Waals surface area contributed by atoms with Crippen LogP contribution in [0.25, 0.3) is 0 Å². The Kier molecular flexibility index (Phi) is 4.16. The third kappa shape index (κ3) is 2.80. The molecule has 1 aromatic rings. The van der Waals surface area contributed by atoms with Crippen LogP contribution < -0.4 is 5.32 Å². The predicted molar refractivity (Wildman–Crippen MR) is 70.4 cm³/mol. The Morgan fingerprint density at radius 2 is 2.28 bits per heavy atom. The molecular formula is C14H19N3O. The number of aliphatic hydroxyl groups excluding tert-OH is 1. The van der Waals surface area contributed by atoms with Crippen LogP contribution in [0.4, 0.5) is 5.82 Å². The van der Waals surface area contributed by atoms with E-state index >= 15 is 0 Å². The van der Waals surface area contributed by atoms with Crippen LogP contribution in [0.1, 0.15) is 43.0 Å². The zero-order valence-corrected chi connectivity index (χ0v) is 10.7. The molecule has 96 valence electrons. The van der Waals surface area contributed by atoms with Crippen molar-refractivity contribution in [1.82, 2.24) is 4.98 Å². The minimum atomic E-state index is -0.394. The van der Waals surface area contributed by atoms with Crippen molar-refractivity contribution in [3.63, 3.8) is 0 Å². The van der Waals surface area contributed by atoms with E-state index in [9.17, 15) is 5.11 Å². The van der Waals surface area contributed by atoms with E-state index in [1.807, 2.05) is 13.0 Å². The first-order chi connectivity index (χ1) is 8.74. The van der Waals surface area contributed by atoms with Gasteiger partial charge in [0.05, 0.1) is 11.7 Å². The number of aromatic nitrogens is 1. The molecule has 4 nitrogen and oxygen atoms in total. The number of nitrogens with one attached hydrogen (secondary N) is 1. The largest absolute Gasteiger partial charge is 0.391 e. The number of hydrogen-bond acceptors (Lipinski definition) is 4. The molecule has 1 unspecified atom stereocenters. The molecule has 1 aliphatic rings. The fourth-order valence-corrected chi connectivity index (χ4v) is 2.21. The predicted octanol–water partition coefficient (Wildman–Crippen LogP) is 2.01. The molecule has 0 fully saturated rings. The summed E-state index contributed by atoms with van der Waals surface area (Å²) < 4.78 is 0. The van der Waals surface area contributed by atoms with Gasteiger partial charge in [0.15, 0.2) is 0 Å². The van der Waals surface area contributed by atoms with E-state index in [1.54, 1.807) is 0 Å². The molecule has 0 bridgehead atoms. The maximum absolute atomic E-state index is 9.55. The molecule has 2 rings (SSSR count). The number of fused-ring (bicyclic) bond motifs is 1. The molecule has 1 atom stereocenters. The highest BCUT2D eigenvalue weighted by Gasteiger charge is 2.15. The molecule has 0 amide bonds. The summed E-state index contributed by atoms with van der Waals surface area (Å²) in [6, 6.07) is 4.13. The van der Waals surface area contributed by atoms with Crippen molar-refractivity contribution in [2.75, 3.05) is 11.9 Å². The van der Waals surface area contributed by atoms with Crippen molar-refractivity contribution in [2.45, 2.75) is 45.1 Å². The van der Waals surface area contributed by atoms with Gasteiger partial charge in [-0.25, -0.2) is 4.98 Å². The fourth-order valence-electron chi connectivity index (χ4n) is 2.21. The summed E-state index contributed by atoms with van der Waals surface area (Å²) in [6.45, 7) is 2.37. The molecule has 0 spiro atoms. The molecule has 2 N–H and O–H groups in total. The Morgan fingerprint density at radius 1 is 1.50 bits per heavy atom. The summed E-state index contributed by atoms with van der Waals surface area (Å²) in [5.41, 5.74) is 2.90. The zero-order chi connectivity index (χ0) is 13.0. The van der Waals surface area contributed by atoms with E-state index < -0.39 is 6.10 Å². The average molecular weight is 245 g/mol. The van der Waals surface area contributed by atoms with Gasteiger partial charge in [0.1, 0.15) is 11.9 Å². The number of nitrogens with zero attached hydrogens (tertiary/aromatic N) is 2. The molecule has 0 aliphatic heterocycles. The van der Waals surface area contributed by atoms with Gasteiger partial charge in [-0.1, -0.05) is 6.92 Å². The molecule has 18 heavy (non-hydrogen) atoms. The number of aliphatic hydroxyl groups is 1. The van der Waals surface area contributed by atoms with E-state index in [1.165, 1.54) is 18.4 Å². The van der Waals surface area contributed by atoms with E-state index in [0.717, 1.165) is 18.5 Å². The van der Waals surface area contributed by atoms with Crippen molar-refractivity contribution in [1.29, 1.82) is 5.26 Å². The number of pyridine rings is 1. The third-order valence-electron chi connectivity index (χ3n) is 3.40. The van der Waals surface area contributed by atoms with Crippen LogP contribution in [-0.2, 0) is 12.8 Å². The Balaban J connectivity index is 2.20. The van der Waals surface area contributed by atoms with Gasteiger partial charge in [0.25, 0.3) is 0 Å². The number of rotatable bonds is 4. The molecular weight excluding hydrogens is 226 g/mol. The smallest absolute Gasteiger partial charge is 0.144 e. The molecule has 0 saturated heterocycles. The lowest BCUT2D eigenvalue weighted by Crippen LogP contribution is -2.20. The van der Waals surface area contributed by atoms with Crippen LogP contribution in [-0.4, -0.2) is 22.7 Å². The second kappa shape index (κ2) is 5.83. The van der Waals surface area contributed by atoms with E-state index in [0.29, 0.717) is 24.3 Å². The highest BCUT2D eigenvalue weighted by Crippen LogP contribution is 2.24. The van der Waals surface area contributed by atoms with Gasteiger partial charge in [0, 0.05) is 12.2 Å². The first-order valence-electron chi connectivity index (χ1n) is 6.59. The van der Waals surface area contributed by atoms with Gasteiger partial charge in [-0.05, 0) is 43.7 Å². The Labute approximate surface area is 108 Å². The van der Waals surface area contributed by atoms with Gasteiger partial charge in [-0.3, -0.25) is 0 Å². The molecule has 4 heteroatoms. The van der Waals surface area contributed by atoms with E-state index in [-0.39, 0.29) is 0 Å². The molecule has 1 heterocycles. The number of hydrogen-bond donors (Lipinski definition) is 2. The number of nitriles is 1. The van der Waals surface area contributed by atoms with Crippen LogP contribution >= 0.6 is 0 Å². The second-order valence-corrected chi connectivity index (χ2v) is 4.75. The van der Waals surface area contributed by atoms with Gasteiger partial charge in [0.2, 0.25) is 0 Å². The Hall–Kier alpha value is -1.60. The van der Waals surface area contributed by atoms with Gasteiger partial charge in [-0.2, -0.15) is 5.26 Å². The standard InChI is InChI=1S/C14H19N3O/c1-2-12(18)9-16-14-11(8-15)7-10-5-3-4-6-13(10)17-14/h7,12,18H,2-6,9H2,1H3,(H,16,17). The number of aryl methyl sites for hydroxylation is 2. The van der Waals surface area contributed by atoms with Crippen LogP contribution in [0.15, 0.2) is 6.07 Å². The summed E-state index contributed by atoms with van der Waals surface area (Å²) in [7, 11) is 0. The summed E-state index contributed by atoms with van der Waals surface area (Å²) in [5, 5.41) is 21.8. The quantitative estimate of drug-likeness (QED) is 0.851. The maximum Gasteiger partial charge on any atom is 0.144 e. The first-order valence-corrected chi connectivity index (χ1v) is 6.59. The van der Waals surface area contributed by atoms with Crippen molar-refractivity contribution in [3.05, 3.63) is 22.9 Å². The van der Waals surface area contributed by atoms with Crippen molar-refractivity contribution >= 4 is 5.82 Å². The lowest BCUT2D eigenvalue weighted by molar-refractivity contribution is 0.183. The summed E-state index contributed by atoms with van der Waals surface area (Å²) in [4.78, 5) is 4.55. The number of anilines is 1. The minimum Gasteiger partial charge on any atom is -0.391 e. The molecule has 1 aromatic heterocycles. The summed E-state index contributed by atoms with van der Waals surface area (Å²) >= 11 is 0. The average Bonchev–Trinajstić information content (AvgIpc) is 2.43. The van der Waals surface area contributed by atoms with E-state index in [4.69, 9.17) is 5.26 Å². The van der Waals surface area contributed by atoms with Crippen LogP contribution in [0, 0.1) is 11.3 Å². The van der Waals surface area contributed by atoms with Crippen molar-refractivity contribution < 1.29 is 5.11 Å². The normalized spacial score (nSPS) is 15.6. The van der Waals surface area contributed by atoms with Crippen molar-refractivity contribution in [3.8, 4) is 6.07 Å². The zero-order valence-electron chi connectivity index (χ0n) is 10.7. The van der Waals surface area contributed by atoms with Crippen LogP contribution in [0.5, 0.6) is 0 Å². The Morgan fingerprint density at radius 3 is 3.00 bits per heavy atom. The maximum atomic E-state index is 9.55. The topological polar surface area (TPSA) is 68.9 Å². The third-order valence-corrected chi connectivity index (χ3v) is 3.40.